The van der Waals surface area contributed by atoms with E-state index >= 15 is 0 Å². The first kappa shape index (κ1) is 13.6. The number of carboxylic acids is 1. The first-order valence-corrected chi connectivity index (χ1v) is 4.31. The van der Waals surface area contributed by atoms with Gasteiger partial charge in [-0.05, 0) is 13.0 Å². The number of rotatable bonds is 0. The summed E-state index contributed by atoms with van der Waals surface area (Å²) in [6.45, 7) is 0.972. The van der Waals surface area contributed by atoms with E-state index in [9.17, 15) is 4.39 Å². The van der Waals surface area contributed by atoms with Gasteiger partial charge in [-0.2, -0.15) is 0 Å². The van der Waals surface area contributed by atoms with Crippen molar-refractivity contribution in [3.63, 3.8) is 0 Å². The van der Waals surface area contributed by atoms with Gasteiger partial charge in [0.25, 0.3) is 0 Å². The van der Waals surface area contributed by atoms with Gasteiger partial charge in [-0.15, -0.1) is 0 Å². The zero-order chi connectivity index (χ0) is 12.0. The van der Waals surface area contributed by atoms with E-state index in [-0.39, 0.29) is 15.7 Å². The maximum atomic E-state index is 12.6. The summed E-state index contributed by atoms with van der Waals surface area (Å²) >= 11 is 10.9. The molecule has 0 aliphatic carbocycles. The highest BCUT2D eigenvalue weighted by molar-refractivity contribution is 6.36. The molecule has 0 saturated carbocycles. The molecule has 0 fully saturated rings. The Morgan fingerprint density at radius 3 is 2.33 bits per heavy atom. The normalized spacial score (nSPS) is 8.47. The van der Waals surface area contributed by atoms with Gasteiger partial charge in [0.1, 0.15) is 10.8 Å². The van der Waals surface area contributed by atoms with Gasteiger partial charge in [-0.1, -0.05) is 23.2 Å². The van der Waals surface area contributed by atoms with Crippen LogP contribution in [-0.2, 0) is 4.79 Å². The van der Waals surface area contributed by atoms with Gasteiger partial charge in [0.2, 0.25) is 5.39 Å². The van der Waals surface area contributed by atoms with Gasteiger partial charge in [0.05, 0.1) is 11.1 Å². The minimum atomic E-state index is -1.08. The van der Waals surface area contributed by atoms with Gasteiger partial charge in [0.15, 0.2) is 4.98 Å². The van der Waals surface area contributed by atoms with Crippen LogP contribution in [0.2, 0.25) is 10.0 Å². The van der Waals surface area contributed by atoms with Crippen molar-refractivity contribution in [1.82, 2.24) is 0 Å². The van der Waals surface area contributed by atoms with Gasteiger partial charge in [-0.3, -0.25) is 0 Å². The number of halogens is 3. The van der Waals surface area contributed by atoms with E-state index in [1.807, 2.05) is 0 Å². The highest BCUT2D eigenvalue weighted by Gasteiger charge is 2.15. The number of hydrogen-bond donors (Lipinski definition) is 0. The average Bonchev–Trinajstić information content (AvgIpc) is 2.10. The van der Waals surface area contributed by atoms with Crippen molar-refractivity contribution >= 4 is 34.9 Å². The minimum Gasteiger partial charge on any atom is -0.550 e. The summed E-state index contributed by atoms with van der Waals surface area (Å²) in [5, 5.41) is 17.2. The second-order valence-electron chi connectivity index (χ2n) is 2.31. The highest BCUT2D eigenvalue weighted by atomic mass is 35.5. The molecule has 0 radical (unpaired) electrons. The third-order valence-electron chi connectivity index (χ3n) is 1.10. The van der Waals surface area contributed by atoms with Crippen LogP contribution in [0.4, 0.5) is 10.1 Å². The van der Waals surface area contributed by atoms with E-state index < -0.39 is 11.8 Å². The fraction of sp³-hybridized carbons (Fsp3) is 0.125. The molecule has 0 aliphatic heterocycles. The molecular formula is C8H5Cl2FN2O2. The molecule has 0 bridgehead atoms. The average molecular weight is 251 g/mol. The minimum absolute atomic E-state index is 0.0337. The lowest BCUT2D eigenvalue weighted by Crippen LogP contribution is -2.16. The number of nitrogens with zero attached hydrogens (tertiary/aromatic N) is 2. The fourth-order valence-corrected chi connectivity index (χ4v) is 1.01. The first-order valence-electron chi connectivity index (χ1n) is 3.55. The van der Waals surface area contributed by atoms with Gasteiger partial charge in [-0.25, -0.2) is 4.39 Å². The SMILES string of the molecule is CC(=O)[O-].N#[N+]c1cc(F)c(Cl)cc1Cl. The Morgan fingerprint density at radius 1 is 1.47 bits per heavy atom. The lowest BCUT2D eigenvalue weighted by Gasteiger charge is -1.89. The summed E-state index contributed by atoms with van der Waals surface area (Å²) in [6.07, 6.45) is 0. The molecule has 0 unspecified atom stereocenters. The van der Waals surface area contributed by atoms with Crippen LogP contribution >= 0.6 is 23.2 Å². The summed E-state index contributed by atoms with van der Waals surface area (Å²) in [6, 6.07) is 2.12. The van der Waals surface area contributed by atoms with Gasteiger partial charge in [0, 0.05) is 5.97 Å². The monoisotopic (exact) mass is 250 g/mol. The van der Waals surface area contributed by atoms with Crippen molar-refractivity contribution in [3.8, 4) is 0 Å². The van der Waals surface area contributed by atoms with Crippen LogP contribution in [0, 0.1) is 11.2 Å². The number of carboxylic acid groups (broad SMARTS) is 1. The summed E-state index contributed by atoms with van der Waals surface area (Å²) in [5.74, 6) is -1.75. The molecule has 1 aromatic carbocycles. The predicted octanol–water partition coefficient (Wildman–Crippen LogP) is 2.37. The molecule has 1 rings (SSSR count). The molecule has 0 aliphatic rings. The number of carbonyl (C=O) groups is 1. The molecule has 7 heteroatoms. The van der Waals surface area contributed by atoms with Crippen molar-refractivity contribution in [3.05, 3.63) is 33.0 Å². The largest absolute Gasteiger partial charge is 0.550 e. The Morgan fingerprint density at radius 2 is 1.93 bits per heavy atom. The lowest BCUT2D eigenvalue weighted by atomic mass is 10.3. The fourth-order valence-electron chi connectivity index (χ4n) is 0.589. The standard InChI is InChI=1S/C6H2Cl2FN2.C2H4O2/c7-3-1-4(8)6(11-10)2-5(3)9;1-2(3)4/h1-2H;1H3,(H,3,4)/q+1;/p-1. The molecule has 0 aromatic heterocycles. The molecule has 15 heavy (non-hydrogen) atoms. The van der Waals surface area contributed by atoms with Crippen LogP contribution in [0.15, 0.2) is 12.1 Å². The third-order valence-corrected chi connectivity index (χ3v) is 1.69. The third kappa shape index (κ3) is 5.15. The highest BCUT2D eigenvalue weighted by Crippen LogP contribution is 2.29. The zero-order valence-corrected chi connectivity index (χ0v) is 9.01. The molecule has 4 nitrogen and oxygen atoms in total. The number of aliphatic carboxylic acids is 1. The number of carbonyl (C=O) groups excluding carboxylic acids is 1. The molecule has 80 valence electrons. The smallest absolute Gasteiger partial charge is 0.406 e. The Labute approximate surface area is 94.9 Å². The number of hydrogen-bond acceptors (Lipinski definition) is 3. The van der Waals surface area contributed by atoms with Gasteiger partial charge < -0.3 is 9.90 Å². The van der Waals surface area contributed by atoms with Crippen LogP contribution in [0.3, 0.4) is 0 Å². The van der Waals surface area contributed by atoms with E-state index in [1.54, 1.807) is 0 Å². The summed E-state index contributed by atoms with van der Waals surface area (Å²) in [5.41, 5.74) is -0.0337. The molecule has 0 N–H and O–H groups in total. The van der Waals surface area contributed by atoms with Crippen LogP contribution < -0.4 is 5.11 Å². The maximum Gasteiger partial charge on any atom is 0.406 e. The van der Waals surface area contributed by atoms with Crippen molar-refractivity contribution in [2.45, 2.75) is 6.92 Å². The molecular weight excluding hydrogens is 246 g/mol. The molecule has 0 amide bonds. The number of diazo groups is 1. The Kier molecular flexibility index (Phi) is 5.60. The zero-order valence-electron chi connectivity index (χ0n) is 7.50. The van der Waals surface area contributed by atoms with E-state index in [0.717, 1.165) is 13.0 Å². The second kappa shape index (κ2) is 6.17. The van der Waals surface area contributed by atoms with Crippen LogP contribution in [-0.4, -0.2) is 5.97 Å². The quantitative estimate of drug-likeness (QED) is 0.525. The Bertz CT molecular complexity index is 414. The van der Waals surface area contributed by atoms with E-state index in [1.165, 1.54) is 6.07 Å². The predicted molar refractivity (Wildman–Crippen MR) is 51.8 cm³/mol. The molecule has 1 aromatic rings. The summed E-state index contributed by atoms with van der Waals surface area (Å²) in [7, 11) is 0. The van der Waals surface area contributed by atoms with Gasteiger partial charge >= 0.3 is 5.69 Å². The first-order chi connectivity index (χ1) is 6.88. The van der Waals surface area contributed by atoms with Crippen molar-refractivity contribution in [2.24, 2.45) is 0 Å². The van der Waals surface area contributed by atoms with E-state index in [4.69, 9.17) is 38.5 Å². The summed E-state index contributed by atoms with van der Waals surface area (Å²) < 4.78 is 12.6. The van der Waals surface area contributed by atoms with Crippen LogP contribution in [0.5, 0.6) is 0 Å². The number of benzene rings is 1. The lowest BCUT2D eigenvalue weighted by molar-refractivity contribution is -0.302. The second-order valence-corrected chi connectivity index (χ2v) is 3.12. The van der Waals surface area contributed by atoms with Crippen molar-refractivity contribution < 1.29 is 14.3 Å². The van der Waals surface area contributed by atoms with E-state index in [2.05, 4.69) is 4.98 Å². The summed E-state index contributed by atoms with van der Waals surface area (Å²) in [4.78, 5) is 11.6. The molecule has 0 saturated heterocycles. The molecule has 0 spiro atoms. The molecule has 0 heterocycles. The topological polar surface area (TPSA) is 68.3 Å². The van der Waals surface area contributed by atoms with Crippen LogP contribution in [0.25, 0.3) is 4.98 Å². The van der Waals surface area contributed by atoms with Crippen molar-refractivity contribution in [1.29, 1.82) is 5.39 Å². The Balaban J connectivity index is 0.000000423. The maximum absolute atomic E-state index is 12.6. The molecule has 0 atom stereocenters. The van der Waals surface area contributed by atoms with Crippen LogP contribution in [0.1, 0.15) is 6.92 Å². The van der Waals surface area contributed by atoms with Crippen molar-refractivity contribution in [2.75, 3.05) is 0 Å². The Hall–Kier alpha value is -1.38. The van der Waals surface area contributed by atoms with E-state index in [0.29, 0.717) is 0 Å².